The molecule has 0 spiro atoms. The average molecular weight is 317 g/mol. The lowest BCUT2D eigenvalue weighted by Crippen LogP contribution is -1.99. The third-order valence-corrected chi connectivity index (χ3v) is 2.98. The number of hydrogen-bond donors (Lipinski definition) is 0. The second kappa shape index (κ2) is 5.06. The normalized spacial score (nSPS) is 10.7. The zero-order chi connectivity index (χ0) is 13.3. The third kappa shape index (κ3) is 2.38. The lowest BCUT2D eigenvalue weighted by Gasteiger charge is -2.05. The Morgan fingerprint density at radius 3 is 2.33 bits per heavy atom. The van der Waals surface area contributed by atoms with Crippen molar-refractivity contribution in [1.82, 2.24) is 9.97 Å². The van der Waals surface area contributed by atoms with Crippen LogP contribution < -0.4 is 0 Å². The van der Waals surface area contributed by atoms with Gasteiger partial charge >= 0.3 is 0 Å². The van der Waals surface area contributed by atoms with Crippen molar-refractivity contribution in [2.75, 3.05) is 0 Å². The fraction of sp³-hybridized carbons (Fsp3) is 0.167. The summed E-state index contributed by atoms with van der Waals surface area (Å²) in [6.07, 6.45) is 1.55. The highest BCUT2D eigenvalue weighted by atomic mass is 79.9. The second-order valence-corrected chi connectivity index (χ2v) is 4.27. The predicted octanol–water partition coefficient (Wildman–Crippen LogP) is 3.76. The van der Waals surface area contributed by atoms with Gasteiger partial charge in [-0.05, 0) is 24.6 Å². The van der Waals surface area contributed by atoms with E-state index in [1.807, 2.05) is 6.92 Å². The molecule has 0 unspecified atom stereocenters. The molecule has 1 heterocycles. The van der Waals surface area contributed by atoms with Gasteiger partial charge in [0.25, 0.3) is 0 Å². The molecule has 0 bridgehead atoms. The maximum absolute atomic E-state index is 13.1. The van der Waals surface area contributed by atoms with Crippen LogP contribution in [-0.2, 0) is 5.33 Å². The maximum Gasteiger partial charge on any atom is 0.194 e. The fourth-order valence-electron chi connectivity index (χ4n) is 1.44. The van der Waals surface area contributed by atoms with E-state index in [4.69, 9.17) is 0 Å². The minimum Gasteiger partial charge on any atom is -0.236 e. The molecule has 2 aromatic rings. The summed E-state index contributed by atoms with van der Waals surface area (Å²) in [7, 11) is 0. The van der Waals surface area contributed by atoms with Crippen molar-refractivity contribution in [1.29, 1.82) is 0 Å². The van der Waals surface area contributed by atoms with Gasteiger partial charge in [0.1, 0.15) is 0 Å². The Hall–Kier alpha value is -1.43. The zero-order valence-electron chi connectivity index (χ0n) is 9.35. The number of aryl methyl sites for hydroxylation is 1. The molecular formula is C12H8BrF3N2. The van der Waals surface area contributed by atoms with E-state index in [-0.39, 0.29) is 11.4 Å². The lowest BCUT2D eigenvalue weighted by atomic mass is 10.1. The Kier molecular flexibility index (Phi) is 3.65. The Balaban J connectivity index is 2.55. The van der Waals surface area contributed by atoms with Gasteiger partial charge in [-0.15, -0.1) is 0 Å². The van der Waals surface area contributed by atoms with E-state index in [0.29, 0.717) is 11.0 Å². The molecule has 2 nitrogen and oxygen atoms in total. The molecule has 1 aromatic heterocycles. The molecule has 0 saturated carbocycles. The van der Waals surface area contributed by atoms with Crippen LogP contribution in [0.4, 0.5) is 13.2 Å². The van der Waals surface area contributed by atoms with Crippen molar-refractivity contribution in [3.05, 3.63) is 47.0 Å². The summed E-state index contributed by atoms with van der Waals surface area (Å²) >= 11 is 3.26. The van der Waals surface area contributed by atoms with E-state index >= 15 is 0 Å². The number of halogens is 4. The highest BCUT2D eigenvalue weighted by Crippen LogP contribution is 2.22. The fourth-order valence-corrected chi connectivity index (χ4v) is 2.00. The van der Waals surface area contributed by atoms with Crippen LogP contribution in [0.3, 0.4) is 0 Å². The van der Waals surface area contributed by atoms with E-state index in [1.54, 1.807) is 6.20 Å². The Morgan fingerprint density at radius 1 is 1.17 bits per heavy atom. The molecule has 6 heteroatoms. The molecule has 0 aliphatic rings. The second-order valence-electron chi connectivity index (χ2n) is 3.71. The smallest absolute Gasteiger partial charge is 0.194 e. The molecule has 0 amide bonds. The minimum atomic E-state index is -1.49. The van der Waals surface area contributed by atoms with Crippen LogP contribution in [0.2, 0.25) is 0 Å². The van der Waals surface area contributed by atoms with Gasteiger partial charge in [0.05, 0.1) is 5.69 Å². The number of rotatable bonds is 2. The molecular weight excluding hydrogens is 309 g/mol. The highest BCUT2D eigenvalue weighted by molar-refractivity contribution is 9.08. The van der Waals surface area contributed by atoms with E-state index in [1.165, 1.54) is 0 Å². The number of nitrogens with zero attached hydrogens (tertiary/aromatic N) is 2. The summed E-state index contributed by atoms with van der Waals surface area (Å²) < 4.78 is 39.1. The van der Waals surface area contributed by atoms with Crippen molar-refractivity contribution in [3.63, 3.8) is 0 Å². The molecule has 2 rings (SSSR count). The van der Waals surface area contributed by atoms with Crippen LogP contribution in [0, 0.1) is 24.4 Å². The number of alkyl halides is 1. The van der Waals surface area contributed by atoms with Crippen LogP contribution in [0.5, 0.6) is 0 Å². The van der Waals surface area contributed by atoms with Gasteiger partial charge in [-0.25, -0.2) is 23.1 Å². The predicted molar refractivity (Wildman–Crippen MR) is 64.7 cm³/mol. The van der Waals surface area contributed by atoms with Crippen molar-refractivity contribution < 1.29 is 13.2 Å². The van der Waals surface area contributed by atoms with Gasteiger partial charge in [-0.3, -0.25) is 0 Å². The summed E-state index contributed by atoms with van der Waals surface area (Å²) in [5, 5.41) is 0.501. The van der Waals surface area contributed by atoms with Crippen molar-refractivity contribution in [2.24, 2.45) is 0 Å². The van der Waals surface area contributed by atoms with Crippen molar-refractivity contribution in [2.45, 2.75) is 12.3 Å². The van der Waals surface area contributed by atoms with E-state index in [0.717, 1.165) is 17.7 Å². The highest BCUT2D eigenvalue weighted by Gasteiger charge is 2.13. The van der Waals surface area contributed by atoms with E-state index in [9.17, 15) is 13.2 Å². The molecule has 0 aliphatic heterocycles. The third-order valence-electron chi connectivity index (χ3n) is 2.45. The van der Waals surface area contributed by atoms with Crippen molar-refractivity contribution in [3.8, 4) is 11.4 Å². The standard InChI is InChI=1S/C12H8BrF3N2/c1-6-5-17-12(18-10(6)4-13)7-2-8(14)11(16)9(15)3-7/h2-3,5H,4H2,1H3. The molecule has 0 atom stereocenters. The van der Waals surface area contributed by atoms with Crippen LogP contribution in [-0.4, -0.2) is 9.97 Å². The van der Waals surface area contributed by atoms with Crippen LogP contribution in [0.25, 0.3) is 11.4 Å². The largest absolute Gasteiger partial charge is 0.236 e. The Morgan fingerprint density at radius 2 is 1.78 bits per heavy atom. The first kappa shape index (κ1) is 13.0. The quantitative estimate of drug-likeness (QED) is 0.622. The van der Waals surface area contributed by atoms with Gasteiger partial charge in [0.2, 0.25) is 0 Å². The van der Waals surface area contributed by atoms with Crippen LogP contribution in [0.1, 0.15) is 11.3 Å². The average Bonchev–Trinajstić information content (AvgIpc) is 2.36. The summed E-state index contributed by atoms with van der Waals surface area (Å²) in [5.74, 6) is -3.84. The molecule has 0 fully saturated rings. The molecule has 1 aromatic carbocycles. The van der Waals surface area contributed by atoms with Crippen LogP contribution >= 0.6 is 15.9 Å². The first-order valence-corrected chi connectivity index (χ1v) is 6.18. The molecule has 0 radical (unpaired) electrons. The summed E-state index contributed by atoms with van der Waals surface area (Å²) in [6.45, 7) is 1.83. The SMILES string of the molecule is Cc1cnc(-c2cc(F)c(F)c(F)c2)nc1CBr. The first-order chi connectivity index (χ1) is 8.52. The van der Waals surface area contributed by atoms with Crippen LogP contribution in [0.15, 0.2) is 18.3 Å². The molecule has 94 valence electrons. The zero-order valence-corrected chi connectivity index (χ0v) is 10.9. The van der Waals surface area contributed by atoms with Crippen molar-refractivity contribution >= 4 is 15.9 Å². The maximum atomic E-state index is 13.1. The summed E-state index contributed by atoms with van der Waals surface area (Å²) in [5.41, 5.74) is 1.68. The summed E-state index contributed by atoms with van der Waals surface area (Å²) in [4.78, 5) is 8.14. The first-order valence-electron chi connectivity index (χ1n) is 5.06. The lowest BCUT2D eigenvalue weighted by molar-refractivity contribution is 0.447. The number of aromatic nitrogens is 2. The summed E-state index contributed by atoms with van der Waals surface area (Å²) in [6, 6.07) is 1.75. The molecule has 0 aliphatic carbocycles. The molecule has 0 saturated heterocycles. The van der Waals surface area contributed by atoms with Gasteiger partial charge in [-0.2, -0.15) is 0 Å². The topological polar surface area (TPSA) is 25.8 Å². The Labute approximate surface area is 110 Å². The Bertz CT molecular complexity index is 579. The van der Waals surface area contributed by atoms with E-state index < -0.39 is 17.5 Å². The van der Waals surface area contributed by atoms with Gasteiger partial charge < -0.3 is 0 Å². The van der Waals surface area contributed by atoms with E-state index in [2.05, 4.69) is 25.9 Å². The van der Waals surface area contributed by atoms with Gasteiger partial charge in [0, 0.05) is 17.1 Å². The number of hydrogen-bond acceptors (Lipinski definition) is 2. The minimum absolute atomic E-state index is 0.105. The van der Waals surface area contributed by atoms with Gasteiger partial charge in [-0.1, -0.05) is 15.9 Å². The monoisotopic (exact) mass is 316 g/mol. The molecule has 18 heavy (non-hydrogen) atoms. The van der Waals surface area contributed by atoms with Gasteiger partial charge in [0.15, 0.2) is 23.3 Å². The number of benzene rings is 1. The molecule has 0 N–H and O–H groups in total.